The largest absolute Gasteiger partial charge is 0.486 e. The summed E-state index contributed by atoms with van der Waals surface area (Å²) in [5.41, 5.74) is 9.57. The Hall–Kier alpha value is -3.83. The standard InChI is InChI=1S/C31H37N3O7/c1-31(2)39-17-23-14-22(7-9-27(23)41-31)26(35)15-33-11-10-20-6-8-28-29(13-20)40-25(19-38-28)18-37-16-21-4-3-5-24(12-21)34-30(32)36/h3-9,12-14,25-26,33,35H,10-11,15-19H2,1-2H3,(H3,32,34,36)/t25-,26-/m1/s1. The predicted octanol–water partition coefficient (Wildman–Crippen LogP) is 4.04. The minimum atomic E-state index is -0.641. The van der Waals surface area contributed by atoms with E-state index in [1.54, 1.807) is 6.07 Å². The maximum absolute atomic E-state index is 11.1. The van der Waals surface area contributed by atoms with E-state index in [4.69, 9.17) is 29.4 Å². The topological polar surface area (TPSA) is 134 Å². The third kappa shape index (κ3) is 7.89. The molecule has 0 aromatic heterocycles. The van der Waals surface area contributed by atoms with Crippen molar-refractivity contribution in [2.75, 3.05) is 31.6 Å². The van der Waals surface area contributed by atoms with Gasteiger partial charge in [0.1, 0.15) is 12.4 Å². The van der Waals surface area contributed by atoms with E-state index in [9.17, 15) is 9.90 Å². The van der Waals surface area contributed by atoms with Gasteiger partial charge in [-0.2, -0.15) is 0 Å². The first-order valence-corrected chi connectivity index (χ1v) is 13.7. The lowest BCUT2D eigenvalue weighted by atomic mass is 10.0. The first-order chi connectivity index (χ1) is 19.7. The molecule has 2 heterocycles. The lowest BCUT2D eigenvalue weighted by molar-refractivity contribution is -0.180. The number of primary amides is 1. The molecule has 0 saturated heterocycles. The van der Waals surface area contributed by atoms with Crippen molar-refractivity contribution in [3.63, 3.8) is 0 Å². The van der Waals surface area contributed by atoms with Gasteiger partial charge in [0.05, 0.1) is 25.9 Å². The second kappa shape index (κ2) is 12.8. The van der Waals surface area contributed by atoms with Crippen LogP contribution in [0, 0.1) is 0 Å². The minimum Gasteiger partial charge on any atom is -0.486 e. The summed E-state index contributed by atoms with van der Waals surface area (Å²) in [6.45, 7) is 6.46. The summed E-state index contributed by atoms with van der Waals surface area (Å²) >= 11 is 0. The zero-order chi connectivity index (χ0) is 28.8. The summed E-state index contributed by atoms with van der Waals surface area (Å²) in [6, 6.07) is 18.4. The van der Waals surface area contributed by atoms with E-state index in [2.05, 4.69) is 10.6 Å². The molecule has 3 aromatic carbocycles. The van der Waals surface area contributed by atoms with Crippen molar-refractivity contribution < 1.29 is 33.6 Å². The normalized spacial score (nSPS) is 17.7. The first-order valence-electron chi connectivity index (χ1n) is 13.7. The lowest BCUT2D eigenvalue weighted by Gasteiger charge is -2.33. The molecular weight excluding hydrogens is 526 g/mol. The third-order valence-electron chi connectivity index (χ3n) is 6.82. The molecule has 0 radical (unpaired) electrons. The SMILES string of the molecule is CC1(C)OCc2cc([C@H](O)CNCCc3ccc4c(c3)O[C@H](COCc3cccc(NC(N)=O)c3)CO4)ccc2O1. The molecule has 0 spiro atoms. The molecule has 2 aliphatic rings. The predicted molar refractivity (Wildman–Crippen MR) is 153 cm³/mol. The minimum absolute atomic E-state index is 0.239. The number of nitrogens with one attached hydrogen (secondary N) is 2. The molecule has 2 amide bonds. The zero-order valence-electron chi connectivity index (χ0n) is 23.4. The van der Waals surface area contributed by atoms with Gasteiger partial charge in [-0.05, 0) is 66.1 Å². The Kier molecular flexibility index (Phi) is 8.94. The average Bonchev–Trinajstić information content (AvgIpc) is 2.94. The number of urea groups is 1. The third-order valence-corrected chi connectivity index (χ3v) is 6.82. The molecule has 5 N–H and O–H groups in total. The van der Waals surface area contributed by atoms with Crippen LogP contribution in [0.5, 0.6) is 17.2 Å². The van der Waals surface area contributed by atoms with Crippen LogP contribution in [-0.2, 0) is 29.1 Å². The highest BCUT2D eigenvalue weighted by Gasteiger charge is 2.28. The second-order valence-corrected chi connectivity index (χ2v) is 10.7. The van der Waals surface area contributed by atoms with E-state index >= 15 is 0 Å². The number of ether oxygens (including phenoxy) is 5. The number of amides is 2. The summed E-state index contributed by atoms with van der Waals surface area (Å²) in [5, 5.41) is 16.6. The van der Waals surface area contributed by atoms with Crippen molar-refractivity contribution in [1.82, 2.24) is 5.32 Å². The molecule has 0 saturated carbocycles. The fraction of sp³-hybridized carbons (Fsp3) is 0.387. The van der Waals surface area contributed by atoms with Gasteiger partial charge >= 0.3 is 6.03 Å². The van der Waals surface area contributed by atoms with Crippen LogP contribution in [0.3, 0.4) is 0 Å². The molecule has 0 bridgehead atoms. The van der Waals surface area contributed by atoms with Crippen LogP contribution >= 0.6 is 0 Å². The van der Waals surface area contributed by atoms with Gasteiger partial charge in [0, 0.05) is 31.6 Å². The van der Waals surface area contributed by atoms with E-state index in [1.165, 1.54) is 0 Å². The molecular formula is C31H37N3O7. The van der Waals surface area contributed by atoms with Gasteiger partial charge in [-0.25, -0.2) is 4.79 Å². The Balaban J connectivity index is 1.05. The van der Waals surface area contributed by atoms with Crippen LogP contribution in [0.25, 0.3) is 0 Å². The van der Waals surface area contributed by atoms with Gasteiger partial charge in [0.25, 0.3) is 0 Å². The van der Waals surface area contributed by atoms with Gasteiger partial charge in [-0.3, -0.25) is 0 Å². The summed E-state index contributed by atoms with van der Waals surface area (Å²) < 4.78 is 29.4. The molecule has 41 heavy (non-hydrogen) atoms. The van der Waals surface area contributed by atoms with Crippen molar-refractivity contribution >= 4 is 11.7 Å². The molecule has 0 unspecified atom stereocenters. The molecule has 10 heteroatoms. The molecule has 2 atom stereocenters. The summed E-state index contributed by atoms with van der Waals surface area (Å²) in [7, 11) is 0. The molecule has 0 fully saturated rings. The van der Waals surface area contributed by atoms with Gasteiger partial charge in [-0.1, -0.05) is 24.3 Å². The molecule has 5 rings (SSSR count). The van der Waals surface area contributed by atoms with Gasteiger partial charge in [0.2, 0.25) is 5.79 Å². The summed E-state index contributed by atoms with van der Waals surface area (Å²) in [5.74, 6) is 1.55. The fourth-order valence-electron chi connectivity index (χ4n) is 4.74. The number of carbonyl (C=O) groups is 1. The maximum atomic E-state index is 11.1. The van der Waals surface area contributed by atoms with E-state index < -0.39 is 17.9 Å². The number of fused-ring (bicyclic) bond motifs is 2. The molecule has 10 nitrogen and oxygen atoms in total. The van der Waals surface area contributed by atoms with E-state index in [0.29, 0.717) is 56.7 Å². The highest BCUT2D eigenvalue weighted by molar-refractivity contribution is 5.87. The van der Waals surface area contributed by atoms with Crippen molar-refractivity contribution in [2.45, 2.75) is 51.5 Å². The van der Waals surface area contributed by atoms with Gasteiger partial charge in [0.15, 0.2) is 17.6 Å². The van der Waals surface area contributed by atoms with Crippen molar-refractivity contribution in [3.8, 4) is 17.2 Å². The number of aliphatic hydroxyl groups is 1. The van der Waals surface area contributed by atoms with E-state index in [0.717, 1.165) is 34.4 Å². The number of carbonyl (C=O) groups excluding carboxylic acids is 1. The summed E-state index contributed by atoms with van der Waals surface area (Å²) in [4.78, 5) is 11.1. The van der Waals surface area contributed by atoms with E-state index in [-0.39, 0.29) is 6.10 Å². The quantitative estimate of drug-likeness (QED) is 0.257. The van der Waals surface area contributed by atoms with Crippen molar-refractivity contribution in [2.24, 2.45) is 5.73 Å². The van der Waals surface area contributed by atoms with Crippen molar-refractivity contribution in [1.29, 1.82) is 0 Å². The Morgan fingerprint density at radius 2 is 1.95 bits per heavy atom. The van der Waals surface area contributed by atoms with Gasteiger partial charge in [-0.15, -0.1) is 0 Å². The zero-order valence-corrected chi connectivity index (χ0v) is 23.4. The monoisotopic (exact) mass is 563 g/mol. The second-order valence-electron chi connectivity index (χ2n) is 10.7. The van der Waals surface area contributed by atoms with Crippen molar-refractivity contribution in [3.05, 3.63) is 82.9 Å². The average molecular weight is 564 g/mol. The van der Waals surface area contributed by atoms with Crippen LogP contribution in [0.1, 0.15) is 42.2 Å². The number of benzene rings is 3. The summed E-state index contributed by atoms with van der Waals surface area (Å²) in [6.07, 6.45) is -0.115. The number of hydrogen-bond donors (Lipinski definition) is 4. The Bertz CT molecular complexity index is 1360. The Morgan fingerprint density at radius 3 is 2.80 bits per heavy atom. The Morgan fingerprint density at radius 1 is 1.10 bits per heavy atom. The highest BCUT2D eigenvalue weighted by atomic mass is 16.7. The maximum Gasteiger partial charge on any atom is 0.316 e. The van der Waals surface area contributed by atoms with E-state index in [1.807, 2.05) is 68.4 Å². The number of aliphatic hydroxyl groups excluding tert-OH is 1. The van der Waals surface area contributed by atoms with Crippen LogP contribution in [0.15, 0.2) is 60.7 Å². The number of nitrogens with two attached hydrogens (primary N) is 1. The van der Waals surface area contributed by atoms with Crippen LogP contribution in [0.2, 0.25) is 0 Å². The Labute approximate surface area is 239 Å². The number of hydrogen-bond acceptors (Lipinski definition) is 8. The lowest BCUT2D eigenvalue weighted by Crippen LogP contribution is -2.35. The molecule has 218 valence electrons. The van der Waals surface area contributed by atoms with Crippen LogP contribution in [0.4, 0.5) is 10.5 Å². The van der Waals surface area contributed by atoms with Crippen LogP contribution < -0.4 is 30.6 Å². The van der Waals surface area contributed by atoms with Gasteiger partial charge < -0.3 is 45.2 Å². The van der Waals surface area contributed by atoms with Crippen LogP contribution in [-0.4, -0.2) is 49.3 Å². The smallest absolute Gasteiger partial charge is 0.316 e. The fourth-order valence-corrected chi connectivity index (χ4v) is 4.74. The molecule has 2 aliphatic heterocycles. The molecule has 0 aliphatic carbocycles. The number of rotatable bonds is 11. The number of anilines is 1. The first kappa shape index (κ1) is 28.7. The molecule has 3 aromatic rings. The highest BCUT2D eigenvalue weighted by Crippen LogP contribution is 2.34.